The first-order valence-electron chi connectivity index (χ1n) is 2.92. The van der Waals surface area contributed by atoms with E-state index in [0.29, 0.717) is 0 Å². The molecule has 2 bridgehead atoms. The lowest BCUT2D eigenvalue weighted by Crippen LogP contribution is -2.60. The Morgan fingerprint density at radius 1 is 1.00 bits per heavy atom. The normalized spacial score (nSPS) is 48.0. The van der Waals surface area contributed by atoms with Crippen molar-refractivity contribution in [3.05, 3.63) is 0 Å². The van der Waals surface area contributed by atoms with Crippen molar-refractivity contribution in [2.45, 2.75) is 24.9 Å². The molecule has 3 fully saturated rings. The average Bonchev–Trinajstić information content (AvgIpc) is 1.67. The fraction of sp³-hybridized carbons (Fsp3) is 1.00. The molecule has 0 amide bonds. The van der Waals surface area contributed by atoms with Gasteiger partial charge in [0.15, 0.2) is 0 Å². The second-order valence-electron chi connectivity index (χ2n) is 2.45. The van der Waals surface area contributed by atoms with Gasteiger partial charge in [0, 0.05) is 18.8 Å². The summed E-state index contributed by atoms with van der Waals surface area (Å²) >= 11 is 0. The molecule has 2 heterocycles. The highest BCUT2D eigenvalue weighted by atomic mass is 15.2. The summed E-state index contributed by atoms with van der Waals surface area (Å²) in [5.41, 5.74) is 0. The lowest BCUT2D eigenvalue weighted by atomic mass is 9.85. The van der Waals surface area contributed by atoms with E-state index in [9.17, 15) is 0 Å². The Hall–Kier alpha value is -0.0800. The van der Waals surface area contributed by atoms with Gasteiger partial charge >= 0.3 is 0 Å². The maximum atomic E-state index is 3.34. The highest BCUT2D eigenvalue weighted by molar-refractivity contribution is 4.93. The summed E-state index contributed by atoms with van der Waals surface area (Å²) < 4.78 is 0. The number of rotatable bonds is 0. The summed E-state index contributed by atoms with van der Waals surface area (Å²) in [5.74, 6) is 0. The van der Waals surface area contributed by atoms with Gasteiger partial charge in [0.05, 0.1) is 0 Å². The zero-order chi connectivity index (χ0) is 4.69. The molecule has 3 rings (SSSR count). The van der Waals surface area contributed by atoms with Crippen molar-refractivity contribution >= 4 is 0 Å². The van der Waals surface area contributed by atoms with Crippen LogP contribution in [0.25, 0.3) is 0 Å². The molecule has 0 aromatic heterocycles. The van der Waals surface area contributed by atoms with E-state index in [0.717, 1.165) is 18.8 Å². The molecule has 0 spiro atoms. The van der Waals surface area contributed by atoms with E-state index in [1.54, 1.807) is 0 Å². The Balaban J connectivity index is 1.99. The Bertz CT molecular complexity index is 62.6. The molecule has 2 N–H and O–H groups in total. The van der Waals surface area contributed by atoms with E-state index >= 15 is 0 Å². The molecular formula is C5H10N2. The van der Waals surface area contributed by atoms with Crippen molar-refractivity contribution in [2.24, 2.45) is 0 Å². The number of nitrogens with one attached hydrogen (secondary N) is 2. The number of hydrogen-bond acceptors (Lipinski definition) is 2. The quantitative estimate of drug-likeness (QED) is 0.433. The third kappa shape index (κ3) is 0.469. The maximum Gasteiger partial charge on any atom is 0.0458 e. The predicted octanol–water partition coefficient (Wildman–Crippen LogP) is -0.332. The molecule has 0 radical (unpaired) electrons. The minimum absolute atomic E-state index is 0.867. The van der Waals surface area contributed by atoms with Crippen LogP contribution in [0, 0.1) is 0 Å². The minimum atomic E-state index is 0.867. The summed E-state index contributed by atoms with van der Waals surface area (Å²) in [7, 11) is 0. The van der Waals surface area contributed by atoms with Gasteiger partial charge in [0.1, 0.15) is 0 Å². The molecule has 0 aromatic rings. The van der Waals surface area contributed by atoms with Gasteiger partial charge < -0.3 is 10.6 Å². The molecule has 0 unspecified atom stereocenters. The predicted molar refractivity (Wildman–Crippen MR) is 27.9 cm³/mol. The molecule has 2 nitrogen and oxygen atoms in total. The fourth-order valence-corrected chi connectivity index (χ4v) is 1.30. The van der Waals surface area contributed by atoms with Gasteiger partial charge in [-0.2, -0.15) is 0 Å². The van der Waals surface area contributed by atoms with Crippen LogP contribution in [0.5, 0.6) is 0 Å². The lowest BCUT2D eigenvalue weighted by Gasteiger charge is -2.42. The first kappa shape index (κ1) is 3.87. The number of hydrogen-bond donors (Lipinski definition) is 2. The smallest absolute Gasteiger partial charge is 0.0458 e. The molecule has 1 saturated carbocycles. The third-order valence-corrected chi connectivity index (χ3v) is 1.92. The first-order valence-corrected chi connectivity index (χ1v) is 2.92. The highest BCUT2D eigenvalue weighted by Crippen LogP contribution is 2.21. The Labute approximate surface area is 43.3 Å². The fourth-order valence-electron chi connectivity index (χ4n) is 1.30. The van der Waals surface area contributed by atoms with E-state index in [1.165, 1.54) is 12.8 Å². The summed E-state index contributed by atoms with van der Waals surface area (Å²) in [5, 5.41) is 6.67. The van der Waals surface area contributed by atoms with Gasteiger partial charge in [-0.1, -0.05) is 0 Å². The van der Waals surface area contributed by atoms with Crippen molar-refractivity contribution in [1.29, 1.82) is 0 Å². The topological polar surface area (TPSA) is 24.1 Å². The molecule has 0 atom stereocenters. The molecular weight excluding hydrogens is 88.1 g/mol. The van der Waals surface area contributed by atoms with Gasteiger partial charge in [0.25, 0.3) is 0 Å². The average molecular weight is 98.1 g/mol. The standard InChI is InChI=1S/C5H10N2/c1-4-2-5(1)7-3-6-4/h4-7H,1-3H2. The van der Waals surface area contributed by atoms with Crippen LogP contribution in [0.4, 0.5) is 0 Å². The Kier molecular flexibility index (Phi) is 0.664. The summed E-state index contributed by atoms with van der Waals surface area (Å²) in [4.78, 5) is 0. The number of fused-ring (bicyclic) bond motifs is 2. The molecule has 0 aromatic carbocycles. The maximum absolute atomic E-state index is 3.34. The summed E-state index contributed by atoms with van der Waals surface area (Å²) in [6.45, 7) is 1.04. The van der Waals surface area contributed by atoms with Crippen LogP contribution in [0.2, 0.25) is 0 Å². The summed E-state index contributed by atoms with van der Waals surface area (Å²) in [6, 6.07) is 1.73. The molecule has 2 saturated heterocycles. The van der Waals surface area contributed by atoms with Crippen LogP contribution in [0.3, 0.4) is 0 Å². The van der Waals surface area contributed by atoms with Crippen LogP contribution in [0.15, 0.2) is 0 Å². The van der Waals surface area contributed by atoms with E-state index in [-0.39, 0.29) is 0 Å². The largest absolute Gasteiger partial charge is 0.302 e. The summed E-state index contributed by atoms with van der Waals surface area (Å²) in [6.07, 6.45) is 2.72. The Morgan fingerprint density at radius 3 is 1.71 bits per heavy atom. The van der Waals surface area contributed by atoms with Crippen LogP contribution in [0.1, 0.15) is 12.8 Å². The zero-order valence-electron chi connectivity index (χ0n) is 4.28. The third-order valence-electron chi connectivity index (χ3n) is 1.92. The van der Waals surface area contributed by atoms with Gasteiger partial charge in [-0.05, 0) is 12.8 Å². The van der Waals surface area contributed by atoms with Crippen LogP contribution in [-0.4, -0.2) is 18.8 Å². The van der Waals surface area contributed by atoms with Crippen LogP contribution >= 0.6 is 0 Å². The van der Waals surface area contributed by atoms with Crippen molar-refractivity contribution in [2.75, 3.05) is 6.67 Å². The van der Waals surface area contributed by atoms with E-state index < -0.39 is 0 Å². The van der Waals surface area contributed by atoms with E-state index in [1.807, 2.05) is 0 Å². The first-order chi connectivity index (χ1) is 3.45. The molecule has 2 aliphatic heterocycles. The van der Waals surface area contributed by atoms with Crippen molar-refractivity contribution in [3.63, 3.8) is 0 Å². The Morgan fingerprint density at radius 2 is 1.57 bits per heavy atom. The second kappa shape index (κ2) is 1.20. The SMILES string of the molecule is C1NC2CC(C2)N1. The minimum Gasteiger partial charge on any atom is -0.302 e. The van der Waals surface area contributed by atoms with Crippen LogP contribution < -0.4 is 10.6 Å². The van der Waals surface area contributed by atoms with Crippen LogP contribution in [-0.2, 0) is 0 Å². The van der Waals surface area contributed by atoms with Gasteiger partial charge in [-0.15, -0.1) is 0 Å². The molecule has 2 heteroatoms. The van der Waals surface area contributed by atoms with Crippen molar-refractivity contribution < 1.29 is 0 Å². The lowest BCUT2D eigenvalue weighted by molar-refractivity contribution is 0.184. The van der Waals surface area contributed by atoms with Gasteiger partial charge in [-0.3, -0.25) is 0 Å². The van der Waals surface area contributed by atoms with Crippen molar-refractivity contribution in [3.8, 4) is 0 Å². The van der Waals surface area contributed by atoms with Gasteiger partial charge in [0.2, 0.25) is 0 Å². The van der Waals surface area contributed by atoms with E-state index in [4.69, 9.17) is 0 Å². The van der Waals surface area contributed by atoms with E-state index in [2.05, 4.69) is 10.6 Å². The molecule has 7 heavy (non-hydrogen) atoms. The molecule has 40 valence electrons. The monoisotopic (exact) mass is 98.1 g/mol. The molecule has 1 aliphatic carbocycles. The zero-order valence-corrected chi connectivity index (χ0v) is 4.28. The van der Waals surface area contributed by atoms with Gasteiger partial charge in [-0.25, -0.2) is 0 Å². The second-order valence-corrected chi connectivity index (χ2v) is 2.45. The molecule has 3 aliphatic rings. The highest BCUT2D eigenvalue weighted by Gasteiger charge is 2.31. The van der Waals surface area contributed by atoms with Crippen molar-refractivity contribution in [1.82, 2.24) is 10.6 Å².